The molecule has 2 unspecified atom stereocenters. The number of carbonyl (C=O) groups excluding carboxylic acids is 1. The molecule has 2 aliphatic rings. The minimum atomic E-state index is -1.06. The molecular weight excluding hydrogens is 236 g/mol. The van der Waals surface area contributed by atoms with Crippen molar-refractivity contribution in [3.63, 3.8) is 0 Å². The van der Waals surface area contributed by atoms with Gasteiger partial charge < -0.3 is 19.6 Å². The first-order valence-corrected chi connectivity index (χ1v) is 6.32. The molecule has 18 heavy (non-hydrogen) atoms. The summed E-state index contributed by atoms with van der Waals surface area (Å²) in [4.78, 5) is 26.8. The summed E-state index contributed by atoms with van der Waals surface area (Å²) < 4.78 is 5.26. The number of urea groups is 1. The van der Waals surface area contributed by atoms with Gasteiger partial charge >= 0.3 is 12.0 Å². The van der Waals surface area contributed by atoms with Crippen LogP contribution in [0.2, 0.25) is 0 Å². The monoisotopic (exact) mass is 256 g/mol. The lowest BCUT2D eigenvalue weighted by Crippen LogP contribution is -2.56. The molecule has 6 nitrogen and oxygen atoms in total. The van der Waals surface area contributed by atoms with Gasteiger partial charge in [-0.25, -0.2) is 9.59 Å². The highest BCUT2D eigenvalue weighted by Gasteiger charge is 2.47. The van der Waals surface area contributed by atoms with Crippen LogP contribution in [-0.4, -0.2) is 65.3 Å². The molecule has 0 aliphatic carbocycles. The van der Waals surface area contributed by atoms with Crippen LogP contribution in [0.25, 0.3) is 0 Å². The van der Waals surface area contributed by atoms with Crippen LogP contribution in [0.15, 0.2) is 0 Å². The summed E-state index contributed by atoms with van der Waals surface area (Å²) in [6, 6.07) is -0.135. The van der Waals surface area contributed by atoms with Crippen molar-refractivity contribution < 1.29 is 19.4 Å². The maximum atomic E-state index is 12.4. The van der Waals surface area contributed by atoms with Gasteiger partial charge in [0.05, 0.1) is 12.6 Å². The van der Waals surface area contributed by atoms with E-state index in [2.05, 4.69) is 0 Å². The number of carbonyl (C=O) groups is 2. The molecule has 102 valence electrons. The molecule has 2 amide bonds. The van der Waals surface area contributed by atoms with Crippen LogP contribution in [0.1, 0.15) is 26.2 Å². The zero-order valence-corrected chi connectivity index (χ0v) is 10.9. The van der Waals surface area contributed by atoms with E-state index in [9.17, 15) is 14.7 Å². The van der Waals surface area contributed by atoms with Crippen LogP contribution in [0.4, 0.5) is 4.79 Å². The van der Waals surface area contributed by atoms with E-state index < -0.39 is 11.5 Å². The van der Waals surface area contributed by atoms with Crippen LogP contribution in [-0.2, 0) is 9.53 Å². The van der Waals surface area contributed by atoms with Crippen molar-refractivity contribution >= 4 is 12.0 Å². The number of hydrogen-bond acceptors (Lipinski definition) is 3. The Bertz CT molecular complexity index is 354. The van der Waals surface area contributed by atoms with Crippen LogP contribution >= 0.6 is 0 Å². The molecule has 0 bridgehead atoms. The van der Waals surface area contributed by atoms with Crippen LogP contribution in [0.3, 0.4) is 0 Å². The molecule has 0 spiro atoms. The lowest BCUT2D eigenvalue weighted by atomic mass is 9.99. The van der Waals surface area contributed by atoms with E-state index in [0.29, 0.717) is 26.2 Å². The normalized spacial score (nSPS) is 31.7. The quantitative estimate of drug-likeness (QED) is 0.792. The van der Waals surface area contributed by atoms with E-state index in [0.717, 1.165) is 12.8 Å². The lowest BCUT2D eigenvalue weighted by Gasteiger charge is -2.36. The van der Waals surface area contributed by atoms with Gasteiger partial charge in [0, 0.05) is 20.2 Å². The van der Waals surface area contributed by atoms with Gasteiger partial charge in [-0.15, -0.1) is 0 Å². The Balaban J connectivity index is 2.10. The molecular formula is C12H20N2O4. The number of carboxylic acid groups (broad SMARTS) is 1. The van der Waals surface area contributed by atoms with Crippen molar-refractivity contribution in [1.82, 2.24) is 9.80 Å². The number of nitrogens with zero attached hydrogens (tertiary/aromatic N) is 2. The molecule has 1 N–H and O–H groups in total. The summed E-state index contributed by atoms with van der Waals surface area (Å²) in [5.41, 5.74) is -1.06. The Morgan fingerprint density at radius 3 is 2.78 bits per heavy atom. The molecule has 0 radical (unpaired) electrons. The van der Waals surface area contributed by atoms with Crippen molar-refractivity contribution in [2.75, 3.05) is 26.8 Å². The number of likely N-dealkylation sites (tertiary alicyclic amines) is 1. The van der Waals surface area contributed by atoms with E-state index in [4.69, 9.17) is 4.74 Å². The minimum Gasteiger partial charge on any atom is -0.480 e. The number of rotatable bonds is 2. The minimum absolute atomic E-state index is 0.0659. The molecule has 2 atom stereocenters. The molecule has 2 aliphatic heterocycles. The molecule has 0 aromatic heterocycles. The Labute approximate surface area is 106 Å². The van der Waals surface area contributed by atoms with Crippen molar-refractivity contribution in [3.05, 3.63) is 0 Å². The molecule has 0 saturated carbocycles. The van der Waals surface area contributed by atoms with Crippen LogP contribution in [0.5, 0.6) is 0 Å². The fourth-order valence-electron chi connectivity index (χ4n) is 2.67. The lowest BCUT2D eigenvalue weighted by molar-refractivity contribution is -0.147. The standard InChI is InChI=1S/C12H20N2O4/c1-12(10(15)16)5-3-6-14(12)11(17)13(2)9-4-7-18-8-9/h9H,3-8H2,1-2H3,(H,15,16). The third-order valence-electron chi connectivity index (χ3n) is 4.09. The molecule has 2 heterocycles. The molecule has 2 saturated heterocycles. The number of amides is 2. The summed E-state index contributed by atoms with van der Waals surface area (Å²) in [6.45, 7) is 3.34. The first-order valence-electron chi connectivity index (χ1n) is 6.32. The molecule has 0 aromatic carbocycles. The van der Waals surface area contributed by atoms with Gasteiger partial charge in [-0.1, -0.05) is 0 Å². The summed E-state index contributed by atoms with van der Waals surface area (Å²) in [5.74, 6) is -0.926. The Hall–Kier alpha value is -1.30. The fourth-order valence-corrected chi connectivity index (χ4v) is 2.67. The largest absolute Gasteiger partial charge is 0.480 e. The molecule has 0 aromatic rings. The van der Waals surface area contributed by atoms with Gasteiger partial charge in [0.15, 0.2) is 0 Å². The van der Waals surface area contributed by atoms with Crippen molar-refractivity contribution in [1.29, 1.82) is 0 Å². The zero-order valence-electron chi connectivity index (χ0n) is 10.9. The van der Waals surface area contributed by atoms with Gasteiger partial charge in [0.2, 0.25) is 0 Å². The maximum absolute atomic E-state index is 12.4. The third-order valence-corrected chi connectivity index (χ3v) is 4.09. The molecule has 6 heteroatoms. The van der Waals surface area contributed by atoms with E-state index in [1.165, 1.54) is 4.90 Å². The van der Waals surface area contributed by atoms with Gasteiger partial charge in [-0.2, -0.15) is 0 Å². The Morgan fingerprint density at radius 1 is 1.50 bits per heavy atom. The predicted molar refractivity (Wildman–Crippen MR) is 64.4 cm³/mol. The van der Waals surface area contributed by atoms with Crippen molar-refractivity contribution in [2.24, 2.45) is 0 Å². The average Bonchev–Trinajstić information content (AvgIpc) is 2.96. The Kier molecular flexibility index (Phi) is 3.47. The maximum Gasteiger partial charge on any atom is 0.329 e. The number of carboxylic acids is 1. The second-order valence-electron chi connectivity index (χ2n) is 5.25. The van der Waals surface area contributed by atoms with Gasteiger partial charge in [0.1, 0.15) is 5.54 Å². The SMILES string of the molecule is CN(C(=O)N1CCCC1(C)C(=O)O)C1CCOC1. The molecule has 2 fully saturated rings. The van der Waals surface area contributed by atoms with E-state index in [1.54, 1.807) is 18.9 Å². The summed E-state index contributed by atoms with van der Waals surface area (Å²) in [7, 11) is 1.72. The number of likely N-dealkylation sites (N-methyl/N-ethyl adjacent to an activating group) is 1. The smallest absolute Gasteiger partial charge is 0.329 e. The zero-order chi connectivity index (χ0) is 13.3. The highest BCUT2D eigenvalue weighted by atomic mass is 16.5. The van der Waals surface area contributed by atoms with E-state index in [1.807, 2.05) is 0 Å². The third kappa shape index (κ3) is 2.05. The second-order valence-corrected chi connectivity index (χ2v) is 5.25. The number of aliphatic carboxylic acids is 1. The highest BCUT2D eigenvalue weighted by Crippen LogP contribution is 2.30. The van der Waals surface area contributed by atoms with Crippen molar-refractivity contribution in [3.8, 4) is 0 Å². The fraction of sp³-hybridized carbons (Fsp3) is 0.833. The van der Waals surface area contributed by atoms with Crippen LogP contribution in [0, 0.1) is 0 Å². The van der Waals surface area contributed by atoms with Gasteiger partial charge in [-0.3, -0.25) is 0 Å². The average molecular weight is 256 g/mol. The molecule has 2 rings (SSSR count). The summed E-state index contributed by atoms with van der Waals surface area (Å²) in [6.07, 6.45) is 2.08. The van der Waals surface area contributed by atoms with E-state index >= 15 is 0 Å². The Morgan fingerprint density at radius 2 is 2.22 bits per heavy atom. The van der Waals surface area contributed by atoms with Gasteiger partial charge in [0.25, 0.3) is 0 Å². The first kappa shape index (κ1) is 13.1. The second kappa shape index (κ2) is 4.76. The predicted octanol–water partition coefficient (Wildman–Crippen LogP) is 0.766. The van der Waals surface area contributed by atoms with Gasteiger partial charge in [-0.05, 0) is 26.2 Å². The summed E-state index contributed by atoms with van der Waals surface area (Å²) >= 11 is 0. The van der Waals surface area contributed by atoms with Crippen molar-refractivity contribution in [2.45, 2.75) is 37.8 Å². The number of ether oxygens (including phenoxy) is 1. The highest BCUT2D eigenvalue weighted by molar-refractivity contribution is 5.86. The topological polar surface area (TPSA) is 70.1 Å². The number of hydrogen-bond donors (Lipinski definition) is 1. The summed E-state index contributed by atoms with van der Waals surface area (Å²) in [5, 5.41) is 9.30. The first-order chi connectivity index (χ1) is 8.47. The van der Waals surface area contributed by atoms with Crippen LogP contribution < -0.4 is 0 Å². The van der Waals surface area contributed by atoms with E-state index in [-0.39, 0.29) is 12.1 Å².